The molecule has 0 aliphatic heterocycles. The summed E-state index contributed by atoms with van der Waals surface area (Å²) in [6, 6.07) is 53.7. The highest BCUT2D eigenvalue weighted by Gasteiger charge is 2.35. The Hall–Kier alpha value is -5.60. The molecule has 2 aliphatic rings. The SMILES string of the molecule is CC1(C)c2ccccc2-c2ccc(N(c3ccccc3)c3ccc(-n4c5cccc6c5c5c7c-6cccc7ccc54)cc3)cc21. The van der Waals surface area contributed by atoms with E-state index in [0.717, 1.165) is 11.4 Å². The summed E-state index contributed by atoms with van der Waals surface area (Å²) in [6.07, 6.45) is 0. The molecule has 0 saturated carbocycles. The molecule has 0 saturated heterocycles. The maximum atomic E-state index is 2.44. The highest BCUT2D eigenvalue weighted by atomic mass is 15.1. The van der Waals surface area contributed by atoms with Gasteiger partial charge in [0.2, 0.25) is 0 Å². The molecule has 0 radical (unpaired) electrons. The van der Waals surface area contributed by atoms with Crippen LogP contribution in [0, 0.1) is 0 Å². The standard InChI is InChI=1S/C43H30N2/c1-43(2)36-16-7-6-13-32(36)33-24-23-31(26-37(33)43)44(28-11-4-3-5-12-28)29-19-21-30(22-20-29)45-38-17-9-15-35-34-14-8-10-27-18-25-39(45)42(40(27)34)41(35)38/h3-26H,1-2H3. The lowest BCUT2D eigenvalue weighted by atomic mass is 9.82. The molecular formula is C43H30N2. The number of nitrogens with zero attached hydrogens (tertiary/aromatic N) is 2. The highest BCUT2D eigenvalue weighted by Crippen LogP contribution is 2.52. The smallest absolute Gasteiger partial charge is 0.0547 e. The number of aromatic nitrogens is 1. The van der Waals surface area contributed by atoms with Crippen LogP contribution >= 0.6 is 0 Å². The Labute approximate surface area is 262 Å². The van der Waals surface area contributed by atoms with Crippen molar-refractivity contribution in [3.8, 4) is 27.9 Å². The molecule has 0 spiro atoms. The zero-order chi connectivity index (χ0) is 29.9. The molecule has 2 heteroatoms. The van der Waals surface area contributed by atoms with Gasteiger partial charge in [-0.15, -0.1) is 0 Å². The minimum Gasteiger partial charge on any atom is -0.310 e. The Morgan fingerprint density at radius 1 is 0.444 bits per heavy atom. The third kappa shape index (κ3) is 3.24. The molecule has 7 aromatic carbocycles. The van der Waals surface area contributed by atoms with Crippen molar-refractivity contribution in [1.82, 2.24) is 4.57 Å². The summed E-state index contributed by atoms with van der Waals surface area (Å²) >= 11 is 0. The van der Waals surface area contributed by atoms with Crippen molar-refractivity contribution >= 4 is 49.6 Å². The van der Waals surface area contributed by atoms with Crippen LogP contribution in [0.4, 0.5) is 17.1 Å². The van der Waals surface area contributed by atoms with Crippen molar-refractivity contribution in [2.24, 2.45) is 0 Å². The van der Waals surface area contributed by atoms with Gasteiger partial charge in [0.15, 0.2) is 0 Å². The number of fused-ring (bicyclic) bond motifs is 4. The van der Waals surface area contributed by atoms with Crippen LogP contribution in [0.1, 0.15) is 25.0 Å². The molecular weight excluding hydrogens is 544 g/mol. The minimum absolute atomic E-state index is 0.0570. The molecule has 1 aromatic heterocycles. The fraction of sp³-hybridized carbons (Fsp3) is 0.0698. The molecule has 10 rings (SSSR count). The molecule has 0 fully saturated rings. The van der Waals surface area contributed by atoms with Gasteiger partial charge in [-0.1, -0.05) is 98.8 Å². The van der Waals surface area contributed by atoms with E-state index in [-0.39, 0.29) is 5.41 Å². The Morgan fingerprint density at radius 3 is 1.93 bits per heavy atom. The molecule has 0 bridgehead atoms. The van der Waals surface area contributed by atoms with Crippen LogP contribution in [0.15, 0.2) is 146 Å². The van der Waals surface area contributed by atoms with Gasteiger partial charge in [0.25, 0.3) is 0 Å². The van der Waals surface area contributed by atoms with Crippen LogP contribution in [0.2, 0.25) is 0 Å². The van der Waals surface area contributed by atoms with E-state index >= 15 is 0 Å². The van der Waals surface area contributed by atoms with Crippen molar-refractivity contribution in [3.63, 3.8) is 0 Å². The van der Waals surface area contributed by atoms with Gasteiger partial charge in [-0.3, -0.25) is 0 Å². The molecule has 0 atom stereocenters. The second kappa shape index (κ2) is 8.74. The number of benzene rings is 7. The number of rotatable bonds is 4. The summed E-state index contributed by atoms with van der Waals surface area (Å²) in [5.41, 5.74) is 15.3. The molecule has 0 unspecified atom stereocenters. The van der Waals surface area contributed by atoms with E-state index in [1.165, 1.54) is 77.3 Å². The second-order valence-corrected chi connectivity index (χ2v) is 13.0. The Kier molecular flexibility index (Phi) is 4.82. The highest BCUT2D eigenvalue weighted by molar-refractivity contribution is 6.33. The summed E-state index contributed by atoms with van der Waals surface area (Å²) in [5, 5.41) is 5.44. The molecule has 1 heterocycles. The van der Waals surface area contributed by atoms with E-state index in [4.69, 9.17) is 0 Å². The molecule has 212 valence electrons. The van der Waals surface area contributed by atoms with Gasteiger partial charge in [-0.25, -0.2) is 0 Å². The van der Waals surface area contributed by atoms with Gasteiger partial charge in [0.05, 0.1) is 11.0 Å². The van der Waals surface area contributed by atoms with Gasteiger partial charge in [-0.05, 0) is 105 Å². The Balaban J connectivity index is 1.13. The van der Waals surface area contributed by atoms with Crippen molar-refractivity contribution in [2.45, 2.75) is 19.3 Å². The predicted octanol–water partition coefficient (Wildman–Crippen LogP) is 11.7. The summed E-state index contributed by atoms with van der Waals surface area (Å²) in [7, 11) is 0. The van der Waals surface area contributed by atoms with Crippen molar-refractivity contribution < 1.29 is 0 Å². The zero-order valence-corrected chi connectivity index (χ0v) is 25.3. The summed E-state index contributed by atoms with van der Waals surface area (Å²) in [4.78, 5) is 2.38. The summed E-state index contributed by atoms with van der Waals surface area (Å²) in [6.45, 7) is 4.70. The quantitative estimate of drug-likeness (QED) is 0.203. The first-order chi connectivity index (χ1) is 22.1. The number of hydrogen-bond donors (Lipinski definition) is 0. The van der Waals surface area contributed by atoms with Crippen LogP contribution in [0.25, 0.3) is 60.5 Å². The zero-order valence-electron chi connectivity index (χ0n) is 25.3. The number of hydrogen-bond acceptors (Lipinski definition) is 1. The molecule has 45 heavy (non-hydrogen) atoms. The monoisotopic (exact) mass is 574 g/mol. The van der Waals surface area contributed by atoms with Crippen molar-refractivity contribution in [3.05, 3.63) is 157 Å². The van der Waals surface area contributed by atoms with Crippen molar-refractivity contribution in [1.29, 1.82) is 0 Å². The lowest BCUT2D eigenvalue weighted by Crippen LogP contribution is -2.16. The second-order valence-electron chi connectivity index (χ2n) is 13.0. The maximum absolute atomic E-state index is 2.44. The minimum atomic E-state index is -0.0570. The lowest BCUT2D eigenvalue weighted by Gasteiger charge is -2.28. The largest absolute Gasteiger partial charge is 0.310 e. The summed E-state index contributed by atoms with van der Waals surface area (Å²) in [5.74, 6) is 0. The van der Waals surface area contributed by atoms with Crippen molar-refractivity contribution in [2.75, 3.05) is 4.90 Å². The predicted molar refractivity (Wildman–Crippen MR) is 190 cm³/mol. The van der Waals surface area contributed by atoms with E-state index in [1.807, 2.05) is 0 Å². The number of anilines is 3. The third-order valence-electron chi connectivity index (χ3n) is 10.3. The van der Waals surface area contributed by atoms with E-state index in [9.17, 15) is 0 Å². The Morgan fingerprint density at radius 2 is 1.09 bits per heavy atom. The molecule has 2 aliphatic carbocycles. The van der Waals surface area contributed by atoms with E-state index in [2.05, 4.69) is 169 Å². The van der Waals surface area contributed by atoms with E-state index < -0.39 is 0 Å². The lowest BCUT2D eigenvalue weighted by molar-refractivity contribution is 0.660. The first-order valence-corrected chi connectivity index (χ1v) is 15.8. The van der Waals surface area contributed by atoms with Gasteiger partial charge < -0.3 is 9.47 Å². The van der Waals surface area contributed by atoms with Crippen LogP contribution in [0.3, 0.4) is 0 Å². The van der Waals surface area contributed by atoms with Gasteiger partial charge in [0, 0.05) is 38.9 Å². The first-order valence-electron chi connectivity index (χ1n) is 15.8. The molecule has 8 aromatic rings. The maximum Gasteiger partial charge on any atom is 0.0547 e. The van der Waals surface area contributed by atoms with Crippen LogP contribution < -0.4 is 4.90 Å². The van der Waals surface area contributed by atoms with Crippen LogP contribution in [-0.4, -0.2) is 4.57 Å². The normalized spacial score (nSPS) is 13.7. The fourth-order valence-electron chi connectivity index (χ4n) is 8.26. The first kappa shape index (κ1) is 24.8. The number of para-hydroxylation sites is 1. The Bertz CT molecular complexity index is 2500. The summed E-state index contributed by atoms with van der Waals surface area (Å²) < 4.78 is 2.44. The van der Waals surface area contributed by atoms with Crippen LogP contribution in [0.5, 0.6) is 0 Å². The van der Waals surface area contributed by atoms with E-state index in [0.29, 0.717) is 0 Å². The average Bonchev–Trinajstić information content (AvgIpc) is 3.69. The van der Waals surface area contributed by atoms with Gasteiger partial charge in [-0.2, -0.15) is 0 Å². The molecule has 0 amide bonds. The van der Waals surface area contributed by atoms with Crippen LogP contribution in [-0.2, 0) is 5.41 Å². The molecule has 2 nitrogen and oxygen atoms in total. The molecule has 0 N–H and O–H groups in total. The van der Waals surface area contributed by atoms with Gasteiger partial charge in [0.1, 0.15) is 0 Å². The average molecular weight is 575 g/mol. The fourth-order valence-corrected chi connectivity index (χ4v) is 8.26. The third-order valence-corrected chi connectivity index (χ3v) is 10.3. The van der Waals surface area contributed by atoms with Gasteiger partial charge >= 0.3 is 0 Å². The topological polar surface area (TPSA) is 8.17 Å². The van der Waals surface area contributed by atoms with E-state index in [1.54, 1.807) is 0 Å².